The number of hydrogen-bond donors (Lipinski definition) is 1. The number of fused-ring (bicyclic) bond motifs is 2. The smallest absolute Gasteiger partial charge is 0.186 e. The molecule has 7 heteroatoms. The highest BCUT2D eigenvalue weighted by molar-refractivity contribution is 7.22. The molecule has 0 spiro atoms. The Bertz CT molecular complexity index is 1350. The van der Waals surface area contributed by atoms with Crippen molar-refractivity contribution in [1.29, 1.82) is 0 Å². The summed E-state index contributed by atoms with van der Waals surface area (Å²) in [6.45, 7) is 13.0. The summed E-state index contributed by atoms with van der Waals surface area (Å²) in [6.07, 6.45) is 6.05. The molecule has 1 aliphatic heterocycles. The highest BCUT2D eigenvalue weighted by atomic mass is 32.1. The predicted molar refractivity (Wildman–Crippen MR) is 136 cm³/mol. The number of anilines is 1. The van der Waals surface area contributed by atoms with Gasteiger partial charge in [-0.3, -0.25) is 0 Å². The Labute approximate surface area is 198 Å². The highest BCUT2D eigenvalue weighted by Gasteiger charge is 2.39. The van der Waals surface area contributed by atoms with Gasteiger partial charge in [-0.1, -0.05) is 11.3 Å². The number of hydrogen-bond acceptors (Lipinski definition) is 5. The Morgan fingerprint density at radius 1 is 1.03 bits per heavy atom. The quantitative estimate of drug-likeness (QED) is 0.396. The van der Waals surface area contributed by atoms with Crippen molar-refractivity contribution in [2.24, 2.45) is 0 Å². The number of benzene rings is 1. The normalized spacial score (nSPS) is 18.3. The largest absolute Gasteiger partial charge is 0.348 e. The van der Waals surface area contributed by atoms with E-state index in [9.17, 15) is 0 Å². The molecule has 4 aromatic rings. The lowest BCUT2D eigenvalue weighted by molar-refractivity contribution is 0.161. The number of nitrogens with zero attached hydrogens (tertiary/aromatic N) is 4. The molecule has 174 valence electrons. The number of pyridine rings is 1. The van der Waals surface area contributed by atoms with Crippen molar-refractivity contribution in [1.82, 2.24) is 19.7 Å². The molecule has 0 aliphatic carbocycles. The van der Waals surface area contributed by atoms with Crippen LogP contribution in [0.25, 0.3) is 27.0 Å². The van der Waals surface area contributed by atoms with Gasteiger partial charge in [0.1, 0.15) is 11.2 Å². The second kappa shape index (κ2) is 7.50. The van der Waals surface area contributed by atoms with Crippen LogP contribution in [0.4, 0.5) is 9.52 Å². The van der Waals surface area contributed by atoms with E-state index in [2.05, 4.69) is 62.1 Å². The van der Waals surface area contributed by atoms with Gasteiger partial charge in [0.2, 0.25) is 0 Å². The average molecular weight is 466 g/mol. The Balaban J connectivity index is 1.52. The van der Waals surface area contributed by atoms with Crippen LogP contribution in [0.5, 0.6) is 0 Å². The number of nitrogens with one attached hydrogen (secondary N) is 1. The maximum Gasteiger partial charge on any atom is 0.186 e. The summed E-state index contributed by atoms with van der Waals surface area (Å²) >= 11 is 1.57. The third-order valence-corrected chi connectivity index (χ3v) is 7.74. The Kier molecular flexibility index (Phi) is 5.07. The van der Waals surface area contributed by atoms with Crippen LogP contribution >= 0.6 is 11.3 Å². The standard InChI is InChI=1S/C26H32FN5S/c1-15-8-18(14-32-13-16(2)28-23(15)32)17-9-20(27)22-21(10-17)33-24(29-22)31(7)19-11-25(3,4)30-26(5,6)12-19/h8-10,13-14,19,30H,11-12H2,1-7H3. The number of rotatable bonds is 3. The third kappa shape index (κ3) is 4.13. The molecule has 5 rings (SSSR count). The van der Waals surface area contributed by atoms with Gasteiger partial charge in [-0.15, -0.1) is 0 Å². The van der Waals surface area contributed by atoms with E-state index in [4.69, 9.17) is 4.98 Å². The van der Waals surface area contributed by atoms with Gasteiger partial charge in [0, 0.05) is 36.6 Å². The fraction of sp³-hybridized carbons (Fsp3) is 0.462. The average Bonchev–Trinajstić information content (AvgIpc) is 3.28. The number of piperidine rings is 1. The minimum absolute atomic E-state index is 0.0396. The topological polar surface area (TPSA) is 45.5 Å². The molecule has 0 bridgehead atoms. The molecule has 0 amide bonds. The summed E-state index contributed by atoms with van der Waals surface area (Å²) < 4.78 is 18.1. The zero-order valence-corrected chi connectivity index (χ0v) is 21.3. The van der Waals surface area contributed by atoms with Crippen LogP contribution in [-0.2, 0) is 0 Å². The third-order valence-electron chi connectivity index (χ3n) is 6.64. The van der Waals surface area contributed by atoms with Gasteiger partial charge in [-0.2, -0.15) is 0 Å². The van der Waals surface area contributed by atoms with Crippen molar-refractivity contribution >= 4 is 32.3 Å². The van der Waals surface area contributed by atoms with E-state index >= 15 is 4.39 Å². The molecule has 1 aromatic carbocycles. The van der Waals surface area contributed by atoms with Crippen LogP contribution in [-0.4, -0.2) is 38.5 Å². The first-order chi connectivity index (χ1) is 15.4. The molecular formula is C26H32FN5S. The second-order valence-electron chi connectivity index (χ2n) is 10.9. The van der Waals surface area contributed by atoms with E-state index in [1.54, 1.807) is 17.4 Å². The Morgan fingerprint density at radius 2 is 1.73 bits per heavy atom. The Hall–Kier alpha value is -2.51. The maximum absolute atomic E-state index is 15.2. The molecule has 3 aromatic heterocycles. The van der Waals surface area contributed by atoms with Crippen LogP contribution in [0.1, 0.15) is 51.8 Å². The van der Waals surface area contributed by atoms with E-state index in [0.29, 0.717) is 11.6 Å². The lowest BCUT2D eigenvalue weighted by atomic mass is 9.79. The van der Waals surface area contributed by atoms with Crippen molar-refractivity contribution in [3.05, 3.63) is 47.7 Å². The molecule has 0 radical (unpaired) electrons. The summed E-state index contributed by atoms with van der Waals surface area (Å²) in [6, 6.07) is 6.09. The van der Waals surface area contributed by atoms with Crippen LogP contribution in [0.3, 0.4) is 0 Å². The van der Waals surface area contributed by atoms with Crippen LogP contribution < -0.4 is 10.2 Å². The van der Waals surface area contributed by atoms with Gasteiger partial charge in [0.05, 0.1) is 10.4 Å². The van der Waals surface area contributed by atoms with E-state index in [-0.39, 0.29) is 16.9 Å². The summed E-state index contributed by atoms with van der Waals surface area (Å²) in [5, 5.41) is 4.61. The predicted octanol–water partition coefficient (Wildman–Crippen LogP) is 6.11. The van der Waals surface area contributed by atoms with Crippen molar-refractivity contribution in [2.45, 2.75) is 71.5 Å². The van der Waals surface area contributed by atoms with E-state index in [1.807, 2.05) is 30.6 Å². The molecule has 0 saturated carbocycles. The monoisotopic (exact) mass is 465 g/mol. The van der Waals surface area contributed by atoms with Crippen LogP contribution in [0.15, 0.2) is 30.6 Å². The lowest BCUT2D eigenvalue weighted by Crippen LogP contribution is -2.61. The van der Waals surface area contributed by atoms with Gasteiger partial charge in [-0.05, 0) is 89.3 Å². The zero-order chi connectivity index (χ0) is 23.7. The maximum atomic E-state index is 15.2. The molecule has 1 fully saturated rings. The summed E-state index contributed by atoms with van der Waals surface area (Å²) in [5.74, 6) is -0.274. The number of imidazole rings is 1. The first kappa shape index (κ1) is 22.3. The minimum atomic E-state index is -0.274. The summed E-state index contributed by atoms with van der Waals surface area (Å²) in [4.78, 5) is 11.5. The van der Waals surface area contributed by atoms with E-state index < -0.39 is 0 Å². The number of thiazole rings is 1. The van der Waals surface area contributed by atoms with Crippen molar-refractivity contribution in [3.63, 3.8) is 0 Å². The lowest BCUT2D eigenvalue weighted by Gasteiger charge is -2.48. The van der Waals surface area contributed by atoms with Crippen LogP contribution in [0.2, 0.25) is 0 Å². The first-order valence-electron chi connectivity index (χ1n) is 11.5. The number of aromatic nitrogens is 3. The number of halogens is 1. The molecule has 1 saturated heterocycles. The van der Waals surface area contributed by atoms with E-state index in [1.165, 1.54) is 0 Å². The van der Waals surface area contributed by atoms with Gasteiger partial charge in [0.25, 0.3) is 0 Å². The minimum Gasteiger partial charge on any atom is -0.348 e. The van der Waals surface area contributed by atoms with Crippen molar-refractivity contribution in [3.8, 4) is 11.1 Å². The Morgan fingerprint density at radius 3 is 2.42 bits per heavy atom. The molecule has 1 aliphatic rings. The fourth-order valence-corrected chi connectivity index (χ4v) is 6.59. The summed E-state index contributed by atoms with van der Waals surface area (Å²) in [7, 11) is 2.09. The molecule has 5 nitrogen and oxygen atoms in total. The van der Waals surface area contributed by atoms with Crippen LogP contribution in [0, 0.1) is 19.7 Å². The molecule has 0 atom stereocenters. The van der Waals surface area contributed by atoms with Gasteiger partial charge in [-0.25, -0.2) is 14.4 Å². The summed E-state index contributed by atoms with van der Waals surface area (Å²) in [5.41, 5.74) is 5.34. The molecule has 0 unspecified atom stereocenters. The first-order valence-corrected chi connectivity index (χ1v) is 12.3. The van der Waals surface area contributed by atoms with Gasteiger partial charge >= 0.3 is 0 Å². The van der Waals surface area contributed by atoms with E-state index in [0.717, 1.165) is 50.7 Å². The fourth-order valence-electron chi connectivity index (χ4n) is 5.54. The SMILES string of the molecule is Cc1cn2cc(-c3cc(F)c4nc(N(C)C5CC(C)(C)NC(C)(C)C5)sc4c3)cc(C)c2n1. The van der Waals surface area contributed by atoms with Gasteiger partial charge < -0.3 is 14.6 Å². The molecule has 1 N–H and O–H groups in total. The second-order valence-corrected chi connectivity index (χ2v) is 11.9. The molecular weight excluding hydrogens is 433 g/mol. The zero-order valence-electron chi connectivity index (χ0n) is 20.5. The molecule has 33 heavy (non-hydrogen) atoms. The van der Waals surface area contributed by atoms with Crippen molar-refractivity contribution < 1.29 is 4.39 Å². The molecule has 4 heterocycles. The van der Waals surface area contributed by atoms with Crippen molar-refractivity contribution in [2.75, 3.05) is 11.9 Å². The highest BCUT2D eigenvalue weighted by Crippen LogP contribution is 2.38. The van der Waals surface area contributed by atoms with Gasteiger partial charge in [0.15, 0.2) is 10.9 Å². The number of aryl methyl sites for hydroxylation is 2.